The van der Waals surface area contributed by atoms with Crippen molar-refractivity contribution >= 4 is 37.2 Å². The summed E-state index contributed by atoms with van der Waals surface area (Å²) in [6.45, 7) is 1.31. The highest BCUT2D eigenvalue weighted by atomic mass is 35.5. The number of halogens is 1. The second kappa shape index (κ2) is 10.6. The lowest BCUT2D eigenvalue weighted by atomic mass is 10.1. The normalized spacial score (nSPS) is 24.3. The molecule has 1 N–H and O–H groups in total. The van der Waals surface area contributed by atoms with Crippen molar-refractivity contribution in [1.29, 1.82) is 0 Å². The largest absolute Gasteiger partial charge is 0.335 e. The van der Waals surface area contributed by atoms with Crippen molar-refractivity contribution in [2.75, 3.05) is 36.1 Å². The molecule has 2 saturated heterocycles. The first-order valence-electron chi connectivity index (χ1n) is 10.9. The van der Waals surface area contributed by atoms with E-state index < -0.39 is 19.7 Å². The first-order chi connectivity index (χ1) is 14.7. The third-order valence-corrected chi connectivity index (χ3v) is 9.76. The maximum atomic E-state index is 13.0. The Morgan fingerprint density at radius 3 is 2.19 bits per heavy atom. The van der Waals surface area contributed by atoms with Crippen LogP contribution >= 0.6 is 11.6 Å². The van der Waals surface area contributed by atoms with Gasteiger partial charge in [-0.25, -0.2) is 16.8 Å². The van der Waals surface area contributed by atoms with E-state index in [1.807, 2.05) is 0 Å². The van der Waals surface area contributed by atoms with Crippen LogP contribution in [0.4, 0.5) is 0 Å². The molecule has 0 radical (unpaired) electrons. The summed E-state index contributed by atoms with van der Waals surface area (Å²) >= 11 is 5.92. The van der Waals surface area contributed by atoms with Crippen molar-refractivity contribution in [3.05, 3.63) is 34.9 Å². The number of sulfone groups is 2. The predicted molar refractivity (Wildman–Crippen MR) is 123 cm³/mol. The Labute approximate surface area is 190 Å². The molecule has 0 aromatic heterocycles. The molecule has 0 bridgehead atoms. The lowest BCUT2D eigenvalue weighted by Gasteiger charge is -2.28. The molecule has 0 spiro atoms. The van der Waals surface area contributed by atoms with E-state index in [1.54, 1.807) is 29.2 Å². The van der Waals surface area contributed by atoms with Gasteiger partial charge in [0.1, 0.15) is 0 Å². The van der Waals surface area contributed by atoms with Crippen LogP contribution in [-0.2, 0) is 19.7 Å². The minimum absolute atomic E-state index is 0.0283. The van der Waals surface area contributed by atoms with Crippen molar-refractivity contribution < 1.29 is 21.6 Å². The fourth-order valence-electron chi connectivity index (χ4n) is 4.25. The fourth-order valence-corrected chi connectivity index (χ4v) is 7.82. The molecule has 0 aliphatic carbocycles. The van der Waals surface area contributed by atoms with E-state index in [4.69, 9.17) is 11.6 Å². The number of rotatable bonds is 10. The maximum Gasteiger partial charge on any atom is 0.254 e. The van der Waals surface area contributed by atoms with E-state index in [-0.39, 0.29) is 41.0 Å². The quantitative estimate of drug-likeness (QED) is 0.505. The highest BCUT2D eigenvalue weighted by Crippen LogP contribution is 2.22. The zero-order valence-corrected chi connectivity index (χ0v) is 20.0. The van der Waals surface area contributed by atoms with Crippen molar-refractivity contribution in [1.82, 2.24) is 10.2 Å². The molecule has 2 aliphatic rings. The van der Waals surface area contributed by atoms with E-state index in [1.165, 1.54) is 0 Å². The SMILES string of the molecule is O=C(c1ccc(Cl)cc1)N(CCCCCCNC1CCS(=O)(=O)C1)C1CCS(=O)(=O)C1. The summed E-state index contributed by atoms with van der Waals surface area (Å²) in [6.07, 6.45) is 4.81. The summed E-state index contributed by atoms with van der Waals surface area (Å²) in [4.78, 5) is 14.8. The van der Waals surface area contributed by atoms with Crippen LogP contribution in [0.2, 0.25) is 5.02 Å². The molecule has 31 heavy (non-hydrogen) atoms. The van der Waals surface area contributed by atoms with Gasteiger partial charge in [-0.1, -0.05) is 24.4 Å². The van der Waals surface area contributed by atoms with Gasteiger partial charge in [0.15, 0.2) is 19.7 Å². The van der Waals surface area contributed by atoms with Crippen LogP contribution in [0.25, 0.3) is 0 Å². The molecule has 0 saturated carbocycles. The highest BCUT2D eigenvalue weighted by Gasteiger charge is 2.34. The minimum Gasteiger partial charge on any atom is -0.335 e. The molecule has 3 rings (SSSR count). The number of hydrogen-bond donors (Lipinski definition) is 1. The van der Waals surface area contributed by atoms with Crippen LogP contribution in [0.3, 0.4) is 0 Å². The molecular weight excluding hydrogens is 460 g/mol. The van der Waals surface area contributed by atoms with E-state index in [0.717, 1.165) is 32.2 Å². The summed E-state index contributed by atoms with van der Waals surface area (Å²) in [7, 11) is -5.94. The third kappa shape index (κ3) is 7.44. The average molecular weight is 491 g/mol. The van der Waals surface area contributed by atoms with Crippen LogP contribution in [0, 0.1) is 0 Å². The Morgan fingerprint density at radius 1 is 0.935 bits per heavy atom. The topological polar surface area (TPSA) is 101 Å². The number of nitrogens with one attached hydrogen (secondary N) is 1. The fraction of sp³-hybridized carbons (Fsp3) is 0.667. The lowest BCUT2D eigenvalue weighted by molar-refractivity contribution is 0.0693. The Kier molecular flexibility index (Phi) is 8.40. The standard InChI is InChI=1S/C21H31ClN2O5S2/c22-18-7-5-17(6-8-18)21(25)24(20-10-14-31(28,29)16-20)12-4-2-1-3-11-23-19-9-13-30(26,27)15-19/h5-8,19-20,23H,1-4,9-16H2. The van der Waals surface area contributed by atoms with E-state index in [2.05, 4.69) is 5.32 Å². The smallest absolute Gasteiger partial charge is 0.254 e. The van der Waals surface area contributed by atoms with E-state index >= 15 is 0 Å². The minimum atomic E-state index is -3.09. The monoisotopic (exact) mass is 490 g/mol. The summed E-state index contributed by atoms with van der Waals surface area (Å²) in [5, 5.41) is 3.87. The number of nitrogens with zero attached hydrogens (tertiary/aromatic N) is 1. The van der Waals surface area contributed by atoms with Crippen LogP contribution in [0.15, 0.2) is 24.3 Å². The van der Waals surface area contributed by atoms with Gasteiger partial charge in [0.05, 0.1) is 23.0 Å². The van der Waals surface area contributed by atoms with Gasteiger partial charge in [-0.15, -0.1) is 0 Å². The molecule has 2 unspecified atom stereocenters. The van der Waals surface area contributed by atoms with Crippen molar-refractivity contribution in [2.24, 2.45) is 0 Å². The Balaban J connectivity index is 1.45. The molecule has 10 heteroatoms. The molecule has 2 fully saturated rings. The zero-order valence-electron chi connectivity index (χ0n) is 17.6. The van der Waals surface area contributed by atoms with Gasteiger partial charge in [-0.3, -0.25) is 4.79 Å². The lowest BCUT2D eigenvalue weighted by Crippen LogP contribution is -2.41. The number of amides is 1. The van der Waals surface area contributed by atoms with Crippen molar-refractivity contribution in [2.45, 2.75) is 50.6 Å². The molecule has 2 aliphatic heterocycles. The molecule has 1 amide bonds. The Morgan fingerprint density at radius 2 is 1.58 bits per heavy atom. The van der Waals surface area contributed by atoms with Crippen LogP contribution in [-0.4, -0.2) is 75.8 Å². The molecule has 1 aromatic rings. The van der Waals surface area contributed by atoms with Gasteiger partial charge in [0.2, 0.25) is 0 Å². The highest BCUT2D eigenvalue weighted by molar-refractivity contribution is 7.91. The van der Waals surface area contributed by atoms with Gasteiger partial charge in [0.25, 0.3) is 5.91 Å². The molecule has 7 nitrogen and oxygen atoms in total. The summed E-state index contributed by atoms with van der Waals surface area (Å²) < 4.78 is 46.9. The van der Waals surface area contributed by atoms with Crippen LogP contribution in [0.5, 0.6) is 0 Å². The van der Waals surface area contributed by atoms with E-state index in [0.29, 0.717) is 30.0 Å². The zero-order chi connectivity index (χ0) is 22.5. The van der Waals surface area contributed by atoms with E-state index in [9.17, 15) is 21.6 Å². The van der Waals surface area contributed by atoms with Gasteiger partial charge in [-0.2, -0.15) is 0 Å². The summed E-state index contributed by atoms with van der Waals surface area (Å²) in [5.74, 6) is 0.520. The molecule has 2 atom stereocenters. The number of carbonyl (C=O) groups is 1. The maximum absolute atomic E-state index is 13.0. The molecule has 1 aromatic carbocycles. The number of hydrogen-bond acceptors (Lipinski definition) is 6. The van der Waals surface area contributed by atoms with Crippen molar-refractivity contribution in [3.63, 3.8) is 0 Å². The Hall–Kier alpha value is -1.16. The second-order valence-corrected chi connectivity index (χ2v) is 13.4. The van der Waals surface area contributed by atoms with Crippen LogP contribution in [0.1, 0.15) is 48.9 Å². The molecule has 2 heterocycles. The number of unbranched alkanes of at least 4 members (excludes halogenated alkanes) is 3. The average Bonchev–Trinajstić information content (AvgIpc) is 3.24. The van der Waals surface area contributed by atoms with Gasteiger partial charge in [-0.05, 0) is 56.5 Å². The first-order valence-corrected chi connectivity index (χ1v) is 14.9. The molecular formula is C21H31ClN2O5S2. The number of benzene rings is 1. The first kappa shape index (κ1) is 24.5. The van der Waals surface area contributed by atoms with Gasteiger partial charge >= 0.3 is 0 Å². The molecule has 174 valence electrons. The third-order valence-electron chi connectivity index (χ3n) is 5.99. The number of carbonyl (C=O) groups excluding carboxylic acids is 1. The van der Waals surface area contributed by atoms with Crippen LogP contribution < -0.4 is 5.32 Å². The Bertz CT molecular complexity index is 964. The van der Waals surface area contributed by atoms with Gasteiger partial charge in [0, 0.05) is 29.2 Å². The summed E-state index contributed by atoms with van der Waals surface area (Å²) in [6, 6.07) is 6.48. The second-order valence-electron chi connectivity index (χ2n) is 8.53. The summed E-state index contributed by atoms with van der Waals surface area (Å²) in [5.41, 5.74) is 0.518. The predicted octanol–water partition coefficient (Wildman–Crippen LogP) is 2.31. The van der Waals surface area contributed by atoms with Crippen molar-refractivity contribution in [3.8, 4) is 0 Å². The van der Waals surface area contributed by atoms with Gasteiger partial charge < -0.3 is 10.2 Å².